The van der Waals surface area contributed by atoms with E-state index in [0.29, 0.717) is 0 Å². The first kappa shape index (κ1) is 13.6. The van der Waals surface area contributed by atoms with Crippen molar-refractivity contribution < 1.29 is 0 Å². The zero-order valence-corrected chi connectivity index (χ0v) is 11.5. The Balaban J connectivity index is 2.71. The average molecular weight is 242 g/mol. The van der Waals surface area contributed by atoms with Crippen LogP contribution in [0.2, 0.25) is 5.15 Å². The Hall–Kier alpha value is -0.430. The van der Waals surface area contributed by atoms with Crippen molar-refractivity contribution in [2.75, 3.05) is 0 Å². The van der Waals surface area contributed by atoms with Crippen LogP contribution in [0.15, 0.2) is 12.1 Å². The molecule has 0 fully saturated rings. The van der Waals surface area contributed by atoms with E-state index in [2.05, 4.69) is 31.8 Å². The molecule has 0 saturated heterocycles. The van der Waals surface area contributed by atoms with Gasteiger partial charge in [0.2, 0.25) is 0 Å². The molecule has 1 rings (SSSR count). The number of unbranched alkanes of at least 4 members (excludes halogenated alkanes) is 2. The minimum absolute atomic E-state index is 0.275. The van der Waals surface area contributed by atoms with Crippen LogP contribution in [0.1, 0.15) is 65.0 Å². The number of hydrogen-bond acceptors (Lipinski definition) is 0. The van der Waals surface area contributed by atoms with Crippen LogP contribution in [-0.2, 0) is 5.41 Å². The SMILES string of the molecule is CCCCCC(C)(CCC)c1ccc(Cl)[nH]1. The number of H-pyrrole nitrogens is 1. The van der Waals surface area contributed by atoms with E-state index >= 15 is 0 Å². The van der Waals surface area contributed by atoms with Crippen LogP contribution >= 0.6 is 11.6 Å². The first-order chi connectivity index (χ1) is 7.62. The predicted octanol–water partition coefficient (Wildman–Crippen LogP) is 5.31. The Kier molecular flexibility index (Phi) is 5.40. The molecule has 0 aliphatic carbocycles. The molecule has 0 spiro atoms. The summed E-state index contributed by atoms with van der Waals surface area (Å²) in [5.41, 5.74) is 1.58. The van der Waals surface area contributed by atoms with Gasteiger partial charge in [0, 0.05) is 11.1 Å². The third-order valence-electron chi connectivity index (χ3n) is 3.43. The molecular weight excluding hydrogens is 218 g/mol. The number of hydrogen-bond donors (Lipinski definition) is 1. The van der Waals surface area contributed by atoms with Crippen LogP contribution in [0.25, 0.3) is 0 Å². The van der Waals surface area contributed by atoms with Gasteiger partial charge < -0.3 is 4.98 Å². The van der Waals surface area contributed by atoms with E-state index in [-0.39, 0.29) is 5.41 Å². The molecule has 0 radical (unpaired) electrons. The van der Waals surface area contributed by atoms with Gasteiger partial charge in [0.1, 0.15) is 5.15 Å². The van der Waals surface area contributed by atoms with Crippen molar-refractivity contribution in [3.8, 4) is 0 Å². The first-order valence-electron chi connectivity index (χ1n) is 6.47. The average Bonchev–Trinajstić information content (AvgIpc) is 2.66. The third kappa shape index (κ3) is 3.55. The van der Waals surface area contributed by atoms with Crippen LogP contribution < -0.4 is 0 Å². The van der Waals surface area contributed by atoms with E-state index in [1.165, 1.54) is 44.2 Å². The number of aromatic nitrogens is 1. The van der Waals surface area contributed by atoms with Crippen LogP contribution in [0, 0.1) is 0 Å². The van der Waals surface area contributed by atoms with E-state index in [1.54, 1.807) is 0 Å². The standard InChI is InChI=1S/C14H24ClN/c1-4-6-7-11-14(3,10-5-2)12-8-9-13(15)16-12/h8-9,16H,4-7,10-11H2,1-3H3. The van der Waals surface area contributed by atoms with Gasteiger partial charge in [0.15, 0.2) is 0 Å². The van der Waals surface area contributed by atoms with Gasteiger partial charge in [0.05, 0.1) is 0 Å². The second-order valence-electron chi connectivity index (χ2n) is 4.99. The summed E-state index contributed by atoms with van der Waals surface area (Å²) in [4.78, 5) is 3.29. The summed E-state index contributed by atoms with van der Waals surface area (Å²) >= 11 is 5.97. The van der Waals surface area contributed by atoms with E-state index < -0.39 is 0 Å². The predicted molar refractivity (Wildman–Crippen MR) is 72.2 cm³/mol. The molecule has 1 unspecified atom stereocenters. The van der Waals surface area contributed by atoms with Crippen LogP contribution in [0.5, 0.6) is 0 Å². The molecule has 92 valence electrons. The number of rotatable bonds is 7. The van der Waals surface area contributed by atoms with Gasteiger partial charge in [-0.1, -0.05) is 58.1 Å². The van der Waals surface area contributed by atoms with Crippen molar-refractivity contribution in [2.24, 2.45) is 0 Å². The molecule has 0 aliphatic heterocycles. The highest BCUT2D eigenvalue weighted by molar-refractivity contribution is 6.29. The largest absolute Gasteiger partial charge is 0.349 e. The third-order valence-corrected chi connectivity index (χ3v) is 3.66. The lowest BCUT2D eigenvalue weighted by molar-refractivity contribution is 0.371. The summed E-state index contributed by atoms with van der Waals surface area (Å²) < 4.78 is 0. The summed E-state index contributed by atoms with van der Waals surface area (Å²) in [6, 6.07) is 4.11. The summed E-state index contributed by atoms with van der Waals surface area (Å²) in [7, 11) is 0. The van der Waals surface area contributed by atoms with Crippen molar-refractivity contribution in [1.82, 2.24) is 4.98 Å². The van der Waals surface area contributed by atoms with Crippen molar-refractivity contribution >= 4 is 11.6 Å². The Bertz CT molecular complexity index is 305. The zero-order chi connectivity index (χ0) is 12.0. The molecule has 1 heterocycles. The molecule has 1 aromatic rings. The molecule has 0 aliphatic rings. The Morgan fingerprint density at radius 2 is 1.88 bits per heavy atom. The highest BCUT2D eigenvalue weighted by Gasteiger charge is 2.26. The van der Waals surface area contributed by atoms with Crippen LogP contribution in [0.3, 0.4) is 0 Å². The maximum absolute atomic E-state index is 5.97. The Morgan fingerprint density at radius 3 is 2.38 bits per heavy atom. The highest BCUT2D eigenvalue weighted by atomic mass is 35.5. The van der Waals surface area contributed by atoms with Crippen molar-refractivity contribution in [3.63, 3.8) is 0 Å². The van der Waals surface area contributed by atoms with Gasteiger partial charge >= 0.3 is 0 Å². The minimum atomic E-state index is 0.275. The molecule has 0 aromatic carbocycles. The molecule has 0 amide bonds. The Labute approximate surface area is 105 Å². The van der Waals surface area contributed by atoms with Gasteiger partial charge in [-0.05, 0) is 25.0 Å². The molecule has 16 heavy (non-hydrogen) atoms. The van der Waals surface area contributed by atoms with Crippen molar-refractivity contribution in [2.45, 2.75) is 64.7 Å². The maximum Gasteiger partial charge on any atom is 0.106 e. The van der Waals surface area contributed by atoms with Crippen LogP contribution in [0.4, 0.5) is 0 Å². The normalized spacial score (nSPS) is 15.0. The van der Waals surface area contributed by atoms with E-state index in [9.17, 15) is 0 Å². The quantitative estimate of drug-likeness (QED) is 0.623. The zero-order valence-electron chi connectivity index (χ0n) is 10.8. The monoisotopic (exact) mass is 241 g/mol. The van der Waals surface area contributed by atoms with Gasteiger partial charge in [-0.2, -0.15) is 0 Å². The van der Waals surface area contributed by atoms with Gasteiger partial charge in [0.25, 0.3) is 0 Å². The van der Waals surface area contributed by atoms with E-state index in [0.717, 1.165) is 5.15 Å². The fraction of sp³-hybridized carbons (Fsp3) is 0.714. The summed E-state index contributed by atoms with van der Waals surface area (Å²) in [6.45, 7) is 6.86. The molecular formula is C14H24ClN. The molecule has 2 heteroatoms. The number of aromatic amines is 1. The number of nitrogens with one attached hydrogen (secondary N) is 1. The van der Waals surface area contributed by atoms with E-state index in [1.807, 2.05) is 6.07 Å². The summed E-state index contributed by atoms with van der Waals surface area (Å²) in [6.07, 6.45) is 7.63. The van der Waals surface area contributed by atoms with Crippen molar-refractivity contribution in [1.29, 1.82) is 0 Å². The maximum atomic E-state index is 5.97. The van der Waals surface area contributed by atoms with Gasteiger partial charge in [-0.25, -0.2) is 0 Å². The Morgan fingerprint density at radius 1 is 1.12 bits per heavy atom. The summed E-state index contributed by atoms with van der Waals surface area (Å²) in [5.74, 6) is 0. The molecule has 0 saturated carbocycles. The van der Waals surface area contributed by atoms with Crippen molar-refractivity contribution in [3.05, 3.63) is 23.0 Å². The lowest BCUT2D eigenvalue weighted by atomic mass is 9.78. The first-order valence-corrected chi connectivity index (χ1v) is 6.85. The topological polar surface area (TPSA) is 15.8 Å². The highest BCUT2D eigenvalue weighted by Crippen LogP contribution is 2.34. The molecule has 1 aromatic heterocycles. The molecule has 1 nitrogen and oxygen atoms in total. The lowest BCUT2D eigenvalue weighted by Crippen LogP contribution is -2.22. The summed E-state index contributed by atoms with van der Waals surface area (Å²) in [5, 5.41) is 0.757. The second kappa shape index (κ2) is 6.34. The second-order valence-corrected chi connectivity index (χ2v) is 5.39. The van der Waals surface area contributed by atoms with Crippen LogP contribution in [-0.4, -0.2) is 4.98 Å². The fourth-order valence-electron chi connectivity index (χ4n) is 2.43. The van der Waals surface area contributed by atoms with Gasteiger partial charge in [-0.15, -0.1) is 0 Å². The number of halogens is 1. The minimum Gasteiger partial charge on any atom is -0.349 e. The molecule has 0 bridgehead atoms. The smallest absolute Gasteiger partial charge is 0.106 e. The fourth-order valence-corrected chi connectivity index (χ4v) is 2.60. The molecule has 1 atom stereocenters. The lowest BCUT2D eigenvalue weighted by Gasteiger charge is -2.28. The van der Waals surface area contributed by atoms with E-state index in [4.69, 9.17) is 11.6 Å². The van der Waals surface area contributed by atoms with Gasteiger partial charge in [-0.3, -0.25) is 0 Å². The molecule has 1 N–H and O–H groups in total.